The van der Waals surface area contributed by atoms with E-state index in [2.05, 4.69) is 23.3 Å². The minimum absolute atomic E-state index is 0.151. The average molecular weight is 306 g/mol. The maximum absolute atomic E-state index is 12.0. The lowest BCUT2D eigenvalue weighted by atomic mass is 10.2. The minimum Gasteiger partial charge on any atom is -0.396 e. The Hall–Kier alpha value is -2.04. The first-order valence-electron chi connectivity index (χ1n) is 6.74. The number of hydrogen-bond donors (Lipinski definition) is 3. The lowest BCUT2D eigenvalue weighted by Crippen LogP contribution is -2.23. The molecule has 0 spiro atoms. The summed E-state index contributed by atoms with van der Waals surface area (Å²) in [7, 11) is 0. The number of anilines is 2. The van der Waals surface area contributed by atoms with E-state index < -0.39 is 0 Å². The van der Waals surface area contributed by atoms with Gasteiger partial charge in [0.05, 0.1) is 11.8 Å². The molecule has 2 heterocycles. The van der Waals surface area contributed by atoms with Gasteiger partial charge in [0.25, 0.3) is 5.91 Å². The number of carbonyl (C=O) groups excluding carboxylic acids is 1. The highest BCUT2D eigenvalue weighted by Gasteiger charge is 2.22. The molecule has 0 bridgehead atoms. The molecule has 0 saturated carbocycles. The number of ether oxygens (including phenoxy) is 1. The Balaban J connectivity index is 2.11. The molecular weight excluding hydrogens is 288 g/mol. The number of nitriles is 1. The van der Waals surface area contributed by atoms with Crippen molar-refractivity contribution in [2.75, 3.05) is 30.7 Å². The Morgan fingerprint density at radius 2 is 2.48 bits per heavy atom. The number of nitrogens with zero attached hydrogens (tertiary/aromatic N) is 1. The summed E-state index contributed by atoms with van der Waals surface area (Å²) in [5.41, 5.74) is 6.44. The van der Waals surface area contributed by atoms with E-state index >= 15 is 0 Å². The SMILES string of the molecule is C=CCNC(=O)c1sc(NCC2CCCO2)c(C#N)c1N. The molecule has 0 aliphatic carbocycles. The fraction of sp³-hybridized carbons (Fsp3) is 0.429. The highest BCUT2D eigenvalue weighted by atomic mass is 32.1. The van der Waals surface area contributed by atoms with E-state index in [1.807, 2.05) is 0 Å². The number of rotatable bonds is 6. The van der Waals surface area contributed by atoms with Gasteiger partial charge >= 0.3 is 0 Å². The van der Waals surface area contributed by atoms with Gasteiger partial charge in [-0.2, -0.15) is 5.26 Å². The van der Waals surface area contributed by atoms with E-state index in [1.165, 1.54) is 11.3 Å². The normalized spacial score (nSPS) is 17.2. The van der Waals surface area contributed by atoms with Gasteiger partial charge in [-0.1, -0.05) is 6.08 Å². The van der Waals surface area contributed by atoms with E-state index in [0.29, 0.717) is 28.5 Å². The minimum atomic E-state index is -0.293. The van der Waals surface area contributed by atoms with Crippen molar-refractivity contribution in [3.05, 3.63) is 23.1 Å². The van der Waals surface area contributed by atoms with Crippen LogP contribution in [0.15, 0.2) is 12.7 Å². The van der Waals surface area contributed by atoms with Crippen LogP contribution in [0, 0.1) is 11.3 Å². The van der Waals surface area contributed by atoms with Crippen LogP contribution in [0.25, 0.3) is 0 Å². The molecule has 6 nitrogen and oxygen atoms in total. The topological polar surface area (TPSA) is 100 Å². The zero-order valence-electron chi connectivity index (χ0n) is 11.6. The lowest BCUT2D eigenvalue weighted by molar-refractivity contribution is 0.0963. The monoisotopic (exact) mass is 306 g/mol. The maximum atomic E-state index is 12.0. The van der Waals surface area contributed by atoms with Crippen molar-refractivity contribution >= 4 is 27.9 Å². The quantitative estimate of drug-likeness (QED) is 0.695. The smallest absolute Gasteiger partial charge is 0.263 e. The van der Waals surface area contributed by atoms with E-state index in [-0.39, 0.29) is 17.7 Å². The maximum Gasteiger partial charge on any atom is 0.263 e. The van der Waals surface area contributed by atoms with E-state index in [0.717, 1.165) is 19.4 Å². The fourth-order valence-corrected chi connectivity index (χ4v) is 3.10. The molecule has 2 rings (SSSR count). The molecule has 112 valence electrons. The molecule has 0 radical (unpaired) electrons. The van der Waals surface area contributed by atoms with Gasteiger partial charge in [-0.15, -0.1) is 17.9 Å². The van der Waals surface area contributed by atoms with Gasteiger partial charge in [-0.3, -0.25) is 4.79 Å². The molecule has 1 aliphatic heterocycles. The predicted molar refractivity (Wildman–Crippen MR) is 83.4 cm³/mol. The molecule has 21 heavy (non-hydrogen) atoms. The van der Waals surface area contributed by atoms with Crippen molar-refractivity contribution in [3.63, 3.8) is 0 Å². The van der Waals surface area contributed by atoms with Crippen LogP contribution in [-0.2, 0) is 4.74 Å². The summed E-state index contributed by atoms with van der Waals surface area (Å²) in [5, 5.41) is 15.7. The lowest BCUT2D eigenvalue weighted by Gasteiger charge is -2.10. The van der Waals surface area contributed by atoms with Crippen LogP contribution in [0.4, 0.5) is 10.7 Å². The second kappa shape index (κ2) is 7.11. The zero-order valence-corrected chi connectivity index (χ0v) is 12.5. The first kappa shape index (κ1) is 15.4. The standard InChI is InChI=1S/C14H18N4O2S/c1-2-5-17-13(19)12-11(16)10(7-15)14(21-12)18-8-9-4-3-6-20-9/h2,9,18H,1,3-6,8,16H2,(H,17,19). The number of nitrogens with one attached hydrogen (secondary N) is 2. The first-order chi connectivity index (χ1) is 10.2. The van der Waals surface area contributed by atoms with Crippen LogP contribution in [0.2, 0.25) is 0 Å². The molecule has 1 aromatic rings. The number of thiophene rings is 1. The second-order valence-electron chi connectivity index (χ2n) is 4.68. The van der Waals surface area contributed by atoms with Crippen molar-refractivity contribution in [2.24, 2.45) is 0 Å². The molecule has 1 aromatic heterocycles. The summed E-state index contributed by atoms with van der Waals surface area (Å²) in [6, 6.07) is 2.05. The third kappa shape index (κ3) is 3.54. The van der Waals surface area contributed by atoms with E-state index in [1.54, 1.807) is 6.08 Å². The van der Waals surface area contributed by atoms with E-state index in [9.17, 15) is 10.1 Å². The molecule has 1 atom stereocenters. The summed E-state index contributed by atoms with van der Waals surface area (Å²) < 4.78 is 5.52. The number of nitrogens with two attached hydrogens (primary N) is 1. The van der Waals surface area contributed by atoms with Gasteiger partial charge in [-0.25, -0.2) is 0 Å². The van der Waals surface area contributed by atoms with Crippen LogP contribution >= 0.6 is 11.3 Å². The molecule has 1 unspecified atom stereocenters. The van der Waals surface area contributed by atoms with Gasteiger partial charge in [0.15, 0.2) is 0 Å². The van der Waals surface area contributed by atoms with Crippen molar-refractivity contribution in [1.29, 1.82) is 5.26 Å². The van der Waals surface area contributed by atoms with Crippen LogP contribution in [0.1, 0.15) is 28.1 Å². The molecule has 0 aromatic carbocycles. The predicted octanol–water partition coefficient (Wildman–Crippen LogP) is 1.71. The van der Waals surface area contributed by atoms with Crippen molar-refractivity contribution in [1.82, 2.24) is 5.32 Å². The van der Waals surface area contributed by atoms with Crippen LogP contribution in [-0.4, -0.2) is 31.7 Å². The number of amides is 1. The van der Waals surface area contributed by atoms with Crippen molar-refractivity contribution in [2.45, 2.75) is 18.9 Å². The molecule has 7 heteroatoms. The highest BCUT2D eigenvalue weighted by molar-refractivity contribution is 7.18. The van der Waals surface area contributed by atoms with Gasteiger partial charge in [-0.05, 0) is 12.8 Å². The Bertz CT molecular complexity index is 570. The second-order valence-corrected chi connectivity index (χ2v) is 5.70. The van der Waals surface area contributed by atoms with Crippen molar-refractivity contribution in [3.8, 4) is 6.07 Å². The Labute approximate surface area is 127 Å². The fourth-order valence-electron chi connectivity index (χ4n) is 2.11. The van der Waals surface area contributed by atoms with Crippen LogP contribution in [0.3, 0.4) is 0 Å². The van der Waals surface area contributed by atoms with Crippen molar-refractivity contribution < 1.29 is 9.53 Å². The van der Waals surface area contributed by atoms with Gasteiger partial charge in [0.1, 0.15) is 21.5 Å². The molecule has 1 saturated heterocycles. The zero-order chi connectivity index (χ0) is 15.2. The summed E-state index contributed by atoms with van der Waals surface area (Å²) in [6.45, 7) is 5.29. The molecule has 1 aliphatic rings. The molecule has 1 amide bonds. The summed E-state index contributed by atoms with van der Waals surface area (Å²) in [6.07, 6.45) is 3.79. The Kier molecular flexibility index (Phi) is 5.20. The van der Waals surface area contributed by atoms with Gasteiger partial charge in [0.2, 0.25) is 0 Å². The molecular formula is C14H18N4O2S. The van der Waals surface area contributed by atoms with Crippen LogP contribution < -0.4 is 16.4 Å². The van der Waals surface area contributed by atoms with Gasteiger partial charge in [0, 0.05) is 19.7 Å². The third-order valence-electron chi connectivity index (χ3n) is 3.18. The number of nitrogen functional groups attached to an aromatic ring is 1. The third-order valence-corrected chi connectivity index (χ3v) is 4.35. The van der Waals surface area contributed by atoms with Gasteiger partial charge < -0.3 is 21.1 Å². The average Bonchev–Trinajstić information content (AvgIpc) is 3.10. The molecule has 4 N–H and O–H groups in total. The molecule has 1 fully saturated rings. The Morgan fingerprint density at radius 1 is 1.67 bits per heavy atom. The summed E-state index contributed by atoms with van der Waals surface area (Å²) >= 11 is 1.19. The number of hydrogen-bond acceptors (Lipinski definition) is 6. The highest BCUT2D eigenvalue weighted by Crippen LogP contribution is 2.35. The number of carbonyl (C=O) groups is 1. The van der Waals surface area contributed by atoms with E-state index in [4.69, 9.17) is 10.5 Å². The summed E-state index contributed by atoms with van der Waals surface area (Å²) in [5.74, 6) is -0.293. The van der Waals surface area contributed by atoms with Crippen LogP contribution in [0.5, 0.6) is 0 Å². The Morgan fingerprint density at radius 3 is 3.10 bits per heavy atom. The summed E-state index contributed by atoms with van der Waals surface area (Å²) in [4.78, 5) is 12.3. The largest absolute Gasteiger partial charge is 0.396 e. The first-order valence-corrected chi connectivity index (χ1v) is 7.56.